The van der Waals surface area contributed by atoms with E-state index in [1.54, 1.807) is 24.3 Å². The second kappa shape index (κ2) is 8.40. The van der Waals surface area contributed by atoms with Crippen molar-refractivity contribution in [1.29, 1.82) is 0 Å². The summed E-state index contributed by atoms with van der Waals surface area (Å²) in [5, 5.41) is 12.2. The fraction of sp³-hybridized carbons (Fsp3) is 0.136. The largest absolute Gasteiger partial charge is 0.468 e. The van der Waals surface area contributed by atoms with E-state index in [1.807, 2.05) is 19.1 Å². The highest BCUT2D eigenvalue weighted by atomic mass is 32.2. The minimum atomic E-state index is -4.35. The number of para-hydroxylation sites is 1. The lowest BCUT2D eigenvalue weighted by Crippen LogP contribution is -2.32. The summed E-state index contributed by atoms with van der Waals surface area (Å²) in [6.45, 7) is 1.41. The molecular weight excluding hydrogens is 434 g/mol. The number of nitrogens with zero attached hydrogens (tertiary/aromatic N) is 2. The first-order valence-electron chi connectivity index (χ1n) is 9.64. The van der Waals surface area contributed by atoms with Crippen LogP contribution in [0.15, 0.2) is 81.0 Å². The van der Waals surface area contributed by atoms with Gasteiger partial charge in [0.25, 0.3) is 21.3 Å². The monoisotopic (exact) mass is 453 g/mol. The number of furan rings is 1. The zero-order chi connectivity index (χ0) is 22.9. The molecule has 32 heavy (non-hydrogen) atoms. The molecule has 4 rings (SSSR count). The van der Waals surface area contributed by atoms with Crippen molar-refractivity contribution in [2.24, 2.45) is 0 Å². The Labute approximate surface area is 183 Å². The van der Waals surface area contributed by atoms with Crippen LogP contribution in [0.25, 0.3) is 10.9 Å². The summed E-state index contributed by atoms with van der Waals surface area (Å²) in [5.41, 5.74) is 0.833. The summed E-state index contributed by atoms with van der Waals surface area (Å²) in [7, 11) is -4.35. The minimum absolute atomic E-state index is 0.202. The number of benzene rings is 2. The Kier molecular flexibility index (Phi) is 5.64. The number of aromatic nitrogens is 1. The Hall–Kier alpha value is -3.76. The highest BCUT2D eigenvalue weighted by Gasteiger charge is 2.32. The molecule has 164 valence electrons. The first-order chi connectivity index (χ1) is 15.3. The van der Waals surface area contributed by atoms with Gasteiger partial charge in [-0.25, -0.2) is 8.42 Å². The van der Waals surface area contributed by atoms with Crippen LogP contribution < -0.4 is 5.56 Å². The lowest BCUT2D eigenvalue weighted by atomic mass is 10.1. The fourth-order valence-corrected chi connectivity index (χ4v) is 4.99. The van der Waals surface area contributed by atoms with Crippen molar-refractivity contribution in [2.75, 3.05) is 0 Å². The maximum Gasteiger partial charge on any atom is 0.289 e. The molecule has 2 aromatic carbocycles. The van der Waals surface area contributed by atoms with E-state index in [0.29, 0.717) is 11.3 Å². The maximum atomic E-state index is 13.5. The van der Waals surface area contributed by atoms with Gasteiger partial charge in [0.05, 0.1) is 17.7 Å². The first kappa shape index (κ1) is 21.5. The van der Waals surface area contributed by atoms with Gasteiger partial charge in [-0.1, -0.05) is 23.8 Å². The van der Waals surface area contributed by atoms with Crippen LogP contribution in [0.2, 0.25) is 0 Å². The Balaban J connectivity index is 1.82. The molecule has 0 bridgehead atoms. The van der Waals surface area contributed by atoms with Gasteiger partial charge in [-0.05, 0) is 48.7 Å². The number of hydrogen-bond acceptors (Lipinski definition) is 6. The van der Waals surface area contributed by atoms with Gasteiger partial charge in [0.15, 0.2) is 4.90 Å². The number of nitro groups is 1. The van der Waals surface area contributed by atoms with Crippen LogP contribution in [0.3, 0.4) is 0 Å². The molecule has 10 heteroatoms. The SMILES string of the molecule is Cc1ccc2[nH]c(=O)c(CN(Cc3ccco3)S(=O)(=O)c3ccccc3[N+](=O)[O-])cc2c1. The average Bonchev–Trinajstić information content (AvgIpc) is 3.27. The molecule has 0 aliphatic heterocycles. The van der Waals surface area contributed by atoms with Gasteiger partial charge in [0.1, 0.15) is 5.76 Å². The second-order valence-electron chi connectivity index (χ2n) is 7.29. The zero-order valence-corrected chi connectivity index (χ0v) is 17.8. The predicted molar refractivity (Wildman–Crippen MR) is 118 cm³/mol. The third-order valence-electron chi connectivity index (χ3n) is 5.02. The molecule has 2 aromatic heterocycles. The van der Waals surface area contributed by atoms with Gasteiger partial charge >= 0.3 is 0 Å². The van der Waals surface area contributed by atoms with Crippen molar-refractivity contribution in [2.45, 2.75) is 24.9 Å². The summed E-state index contributed by atoms with van der Waals surface area (Å²) < 4.78 is 33.3. The number of aromatic amines is 1. The Morgan fingerprint density at radius 3 is 2.56 bits per heavy atom. The molecule has 1 N–H and O–H groups in total. The fourth-order valence-electron chi connectivity index (χ4n) is 3.45. The second-order valence-corrected chi connectivity index (χ2v) is 9.20. The summed E-state index contributed by atoms with van der Waals surface area (Å²) in [6.07, 6.45) is 1.40. The molecule has 0 fully saturated rings. The van der Waals surface area contributed by atoms with E-state index in [9.17, 15) is 23.3 Å². The number of nitrogens with one attached hydrogen (secondary N) is 1. The van der Waals surface area contributed by atoms with Crippen LogP contribution >= 0.6 is 0 Å². The average molecular weight is 453 g/mol. The number of fused-ring (bicyclic) bond motifs is 1. The Morgan fingerprint density at radius 2 is 1.84 bits per heavy atom. The quantitative estimate of drug-likeness (QED) is 0.336. The van der Waals surface area contributed by atoms with Crippen molar-refractivity contribution in [3.05, 3.63) is 104 Å². The molecule has 0 aliphatic rings. The van der Waals surface area contributed by atoms with E-state index < -0.39 is 31.1 Å². The number of hydrogen-bond donors (Lipinski definition) is 1. The number of sulfonamides is 1. The van der Waals surface area contributed by atoms with Crippen molar-refractivity contribution >= 4 is 26.6 Å². The number of pyridine rings is 1. The van der Waals surface area contributed by atoms with E-state index in [1.165, 1.54) is 24.5 Å². The van der Waals surface area contributed by atoms with E-state index >= 15 is 0 Å². The smallest absolute Gasteiger partial charge is 0.289 e. The Morgan fingerprint density at radius 1 is 1.06 bits per heavy atom. The van der Waals surface area contributed by atoms with Crippen molar-refractivity contribution in [1.82, 2.24) is 9.29 Å². The van der Waals surface area contributed by atoms with E-state index in [-0.39, 0.29) is 18.7 Å². The highest BCUT2D eigenvalue weighted by molar-refractivity contribution is 7.89. The van der Waals surface area contributed by atoms with Crippen molar-refractivity contribution < 1.29 is 17.8 Å². The molecule has 0 atom stereocenters. The van der Waals surface area contributed by atoms with E-state index in [2.05, 4.69) is 4.98 Å². The van der Waals surface area contributed by atoms with Gasteiger partial charge in [0.2, 0.25) is 0 Å². The molecule has 0 radical (unpaired) electrons. The number of nitro benzene ring substituents is 1. The van der Waals surface area contributed by atoms with Crippen molar-refractivity contribution in [3.8, 4) is 0 Å². The maximum absolute atomic E-state index is 13.5. The molecule has 0 unspecified atom stereocenters. The summed E-state index contributed by atoms with van der Waals surface area (Å²) in [5.74, 6) is 0.334. The molecule has 9 nitrogen and oxygen atoms in total. The molecule has 0 saturated heterocycles. The molecule has 2 heterocycles. The number of rotatable bonds is 7. The summed E-state index contributed by atoms with van der Waals surface area (Å²) in [6, 6.07) is 15.5. The topological polar surface area (TPSA) is 127 Å². The standard InChI is InChI=1S/C22H19N3O6S/c1-15-8-9-19-16(11-15)12-17(22(26)23-19)13-24(14-18-5-4-10-31-18)32(29,30)21-7-3-2-6-20(21)25(27)28/h2-12H,13-14H2,1H3,(H,23,26). The summed E-state index contributed by atoms with van der Waals surface area (Å²) >= 11 is 0. The highest BCUT2D eigenvalue weighted by Crippen LogP contribution is 2.28. The molecular formula is C22H19N3O6S. The normalized spacial score (nSPS) is 11.8. The van der Waals surface area contributed by atoms with Crippen LogP contribution in [0.1, 0.15) is 16.9 Å². The van der Waals surface area contributed by atoms with Gasteiger partial charge in [0, 0.05) is 23.7 Å². The van der Waals surface area contributed by atoms with Crippen LogP contribution in [0.4, 0.5) is 5.69 Å². The molecule has 0 saturated carbocycles. The lowest BCUT2D eigenvalue weighted by Gasteiger charge is -2.21. The van der Waals surface area contributed by atoms with Crippen LogP contribution in [-0.2, 0) is 23.1 Å². The van der Waals surface area contributed by atoms with Crippen LogP contribution in [-0.4, -0.2) is 22.6 Å². The van der Waals surface area contributed by atoms with Gasteiger partial charge in [-0.15, -0.1) is 0 Å². The molecule has 0 aliphatic carbocycles. The summed E-state index contributed by atoms with van der Waals surface area (Å²) in [4.78, 5) is 25.7. The van der Waals surface area contributed by atoms with E-state index in [0.717, 1.165) is 21.3 Å². The van der Waals surface area contributed by atoms with Gasteiger partial charge in [-0.3, -0.25) is 14.9 Å². The van der Waals surface area contributed by atoms with Crippen LogP contribution in [0, 0.1) is 17.0 Å². The van der Waals surface area contributed by atoms with E-state index in [4.69, 9.17) is 4.42 Å². The third kappa shape index (κ3) is 4.18. The molecule has 4 aromatic rings. The predicted octanol–water partition coefficient (Wildman–Crippen LogP) is 3.73. The van der Waals surface area contributed by atoms with Gasteiger partial charge < -0.3 is 9.40 Å². The first-order valence-corrected chi connectivity index (χ1v) is 11.1. The molecule has 0 amide bonds. The third-order valence-corrected chi connectivity index (χ3v) is 6.85. The Bertz CT molecular complexity index is 1460. The number of H-pyrrole nitrogens is 1. The molecule has 0 spiro atoms. The van der Waals surface area contributed by atoms with Gasteiger partial charge in [-0.2, -0.15) is 4.31 Å². The minimum Gasteiger partial charge on any atom is -0.468 e. The number of aryl methyl sites for hydroxylation is 1. The van der Waals surface area contributed by atoms with Crippen molar-refractivity contribution in [3.63, 3.8) is 0 Å². The lowest BCUT2D eigenvalue weighted by molar-refractivity contribution is -0.387. The zero-order valence-electron chi connectivity index (χ0n) is 17.0. The van der Waals surface area contributed by atoms with Crippen LogP contribution in [0.5, 0.6) is 0 Å².